The van der Waals surface area contributed by atoms with Crippen LogP contribution in [0.25, 0.3) is 0 Å². The lowest BCUT2D eigenvalue weighted by atomic mass is 10.3. The summed E-state index contributed by atoms with van der Waals surface area (Å²) in [6.45, 7) is 1.80. The van der Waals surface area contributed by atoms with Crippen molar-refractivity contribution in [1.29, 1.82) is 0 Å². The number of ether oxygens (including phenoxy) is 2. The molecule has 0 bridgehead atoms. The van der Waals surface area contributed by atoms with E-state index in [0.717, 1.165) is 18.2 Å². The molecule has 0 N–H and O–H groups in total. The SMILES string of the molecule is CCOC(OCC)O[SiH2]C(F)(F)N(F)C(=O)N(F)c1ccccc1F. The van der Waals surface area contributed by atoms with E-state index < -0.39 is 49.7 Å². The normalized spacial score (nSPS) is 12.2. The number of alkyl halides is 2. The second-order valence-corrected chi connectivity index (χ2v) is 5.94. The van der Waals surface area contributed by atoms with Crippen LogP contribution in [-0.2, 0) is 13.9 Å². The molecule has 12 heteroatoms. The molecule has 25 heavy (non-hydrogen) atoms. The number of nitrogens with zero attached hydrogens (tertiary/aromatic N) is 2. The van der Waals surface area contributed by atoms with Gasteiger partial charge in [0.15, 0.2) is 0 Å². The van der Waals surface area contributed by atoms with E-state index in [1.807, 2.05) is 0 Å². The molecule has 0 unspecified atom stereocenters. The van der Waals surface area contributed by atoms with Crippen molar-refractivity contribution in [3.05, 3.63) is 30.1 Å². The number of carbonyl (C=O) groups excluding carboxylic acids is 1. The summed E-state index contributed by atoms with van der Waals surface area (Å²) in [5, 5.41) is -2.69. The smallest absolute Gasteiger partial charge is 0.369 e. The highest BCUT2D eigenvalue weighted by Gasteiger charge is 2.46. The van der Waals surface area contributed by atoms with Crippen molar-refractivity contribution in [2.45, 2.75) is 26.0 Å². The van der Waals surface area contributed by atoms with Gasteiger partial charge in [-0.1, -0.05) is 26.2 Å². The lowest BCUT2D eigenvalue weighted by Gasteiger charge is -2.26. The van der Waals surface area contributed by atoms with Crippen LogP contribution in [-0.4, -0.2) is 46.3 Å². The van der Waals surface area contributed by atoms with Crippen LogP contribution in [0.4, 0.5) is 32.6 Å². The minimum atomic E-state index is -4.42. The molecule has 142 valence electrons. The first kappa shape index (κ1) is 21.3. The van der Waals surface area contributed by atoms with Crippen molar-refractivity contribution >= 4 is 21.5 Å². The molecule has 0 atom stereocenters. The lowest BCUT2D eigenvalue weighted by Crippen LogP contribution is -2.50. The van der Waals surface area contributed by atoms with E-state index in [1.54, 1.807) is 13.8 Å². The third-order valence-corrected chi connectivity index (χ3v) is 3.75. The quantitative estimate of drug-likeness (QED) is 0.215. The number of halogens is 5. The Balaban J connectivity index is 2.76. The maximum absolute atomic E-state index is 13.8. The molecular formula is C13H17F5N2O4Si. The summed E-state index contributed by atoms with van der Waals surface area (Å²) in [6.07, 6.45) is 0. The number of benzene rings is 1. The van der Waals surface area contributed by atoms with Crippen LogP contribution in [0, 0.1) is 5.82 Å². The van der Waals surface area contributed by atoms with Gasteiger partial charge in [-0.3, -0.25) is 0 Å². The number of hydrogen-bond acceptors (Lipinski definition) is 4. The average Bonchev–Trinajstić information content (AvgIpc) is 2.58. The number of para-hydroxylation sites is 1. The second kappa shape index (κ2) is 9.65. The molecule has 2 amide bonds. The molecule has 0 radical (unpaired) electrons. The number of carbonyl (C=O) groups is 1. The van der Waals surface area contributed by atoms with Crippen LogP contribution in [0.3, 0.4) is 0 Å². The van der Waals surface area contributed by atoms with Gasteiger partial charge in [-0.2, -0.15) is 8.78 Å². The zero-order valence-electron chi connectivity index (χ0n) is 13.4. The first-order valence-corrected chi connectivity index (χ1v) is 8.46. The van der Waals surface area contributed by atoms with Gasteiger partial charge in [0.05, 0.1) is 0 Å². The Hall–Kier alpha value is -1.76. The van der Waals surface area contributed by atoms with E-state index in [0.29, 0.717) is 0 Å². The summed E-state index contributed by atoms with van der Waals surface area (Å²) in [5.41, 5.74) is -5.42. The van der Waals surface area contributed by atoms with Crippen molar-refractivity contribution in [2.75, 3.05) is 18.3 Å². The zero-order chi connectivity index (χ0) is 19.0. The summed E-state index contributed by atoms with van der Waals surface area (Å²) in [5.74, 6) is -1.23. The molecule has 0 saturated carbocycles. The predicted octanol–water partition coefficient (Wildman–Crippen LogP) is 2.83. The molecule has 6 nitrogen and oxygen atoms in total. The molecule has 0 aliphatic heterocycles. The van der Waals surface area contributed by atoms with Gasteiger partial charge in [0, 0.05) is 13.2 Å². The number of anilines is 1. The van der Waals surface area contributed by atoms with E-state index in [-0.39, 0.29) is 13.2 Å². The third-order valence-electron chi connectivity index (χ3n) is 2.69. The highest BCUT2D eigenvalue weighted by atomic mass is 28.2. The topological polar surface area (TPSA) is 51.2 Å². The average molecular weight is 388 g/mol. The van der Waals surface area contributed by atoms with E-state index in [9.17, 15) is 26.9 Å². The summed E-state index contributed by atoms with van der Waals surface area (Å²) in [6, 6.07) is 1.50. The second-order valence-electron chi connectivity index (χ2n) is 4.47. The Bertz CT molecular complexity index is 563. The Morgan fingerprint density at radius 2 is 1.76 bits per heavy atom. The van der Waals surface area contributed by atoms with Gasteiger partial charge in [0.1, 0.15) is 11.5 Å². The molecule has 1 aromatic carbocycles. The summed E-state index contributed by atoms with van der Waals surface area (Å²) < 4.78 is 82.7. The molecular weight excluding hydrogens is 371 g/mol. The zero-order valence-corrected chi connectivity index (χ0v) is 14.8. The Labute approximate surface area is 142 Å². The van der Waals surface area contributed by atoms with Crippen LogP contribution in [0.2, 0.25) is 0 Å². The van der Waals surface area contributed by atoms with Crippen LogP contribution in [0.5, 0.6) is 0 Å². The largest absolute Gasteiger partial charge is 0.386 e. The summed E-state index contributed by atoms with van der Waals surface area (Å²) in [4.78, 5) is 11.5. The van der Waals surface area contributed by atoms with Gasteiger partial charge < -0.3 is 13.9 Å². The number of urea groups is 1. The van der Waals surface area contributed by atoms with Gasteiger partial charge in [-0.15, -0.1) is 5.12 Å². The van der Waals surface area contributed by atoms with Crippen molar-refractivity contribution in [2.24, 2.45) is 0 Å². The summed E-state index contributed by atoms with van der Waals surface area (Å²) in [7, 11) is -3.10. The third kappa shape index (κ3) is 5.92. The number of rotatable bonds is 9. The van der Waals surface area contributed by atoms with Crippen molar-refractivity contribution in [1.82, 2.24) is 5.12 Å². The van der Waals surface area contributed by atoms with Crippen LogP contribution in [0.1, 0.15) is 13.8 Å². The molecule has 1 aromatic rings. The van der Waals surface area contributed by atoms with Crippen molar-refractivity contribution in [3.8, 4) is 0 Å². The maximum Gasteiger partial charge on any atom is 0.386 e. The molecule has 0 saturated heterocycles. The van der Waals surface area contributed by atoms with Crippen LogP contribution in [0.15, 0.2) is 24.3 Å². The molecule has 1 rings (SSSR count). The maximum atomic E-state index is 13.8. The lowest BCUT2D eigenvalue weighted by molar-refractivity contribution is -0.252. The van der Waals surface area contributed by atoms with Crippen LogP contribution < -0.4 is 5.12 Å². The van der Waals surface area contributed by atoms with E-state index in [1.165, 1.54) is 6.07 Å². The standard InChI is InChI=1S/C13H17F5N2O4Si/c1-3-22-12(23-4-2)24-25-13(15,16)20(18)11(21)19(17)10-8-6-5-7-9(10)14/h5-8,12H,3-4,25H2,1-2H3. The fraction of sp³-hybridized carbons (Fsp3) is 0.462. The van der Waals surface area contributed by atoms with Crippen molar-refractivity contribution < 1.29 is 40.8 Å². The van der Waals surface area contributed by atoms with E-state index >= 15 is 0 Å². The van der Waals surface area contributed by atoms with Gasteiger partial charge in [0.2, 0.25) is 0 Å². The van der Waals surface area contributed by atoms with Gasteiger partial charge in [0.25, 0.3) is 16.2 Å². The Kier molecular flexibility index (Phi) is 8.21. The first-order valence-electron chi connectivity index (χ1n) is 7.17. The Morgan fingerprint density at radius 3 is 2.28 bits per heavy atom. The predicted molar refractivity (Wildman–Crippen MR) is 79.9 cm³/mol. The fourth-order valence-electron chi connectivity index (χ4n) is 1.57. The van der Waals surface area contributed by atoms with Gasteiger partial charge in [-0.05, 0) is 26.0 Å². The monoisotopic (exact) mass is 388 g/mol. The molecule has 0 aromatic heterocycles. The number of amides is 2. The van der Waals surface area contributed by atoms with Crippen molar-refractivity contribution in [3.63, 3.8) is 0 Å². The minimum Gasteiger partial charge on any atom is -0.369 e. The Morgan fingerprint density at radius 1 is 1.20 bits per heavy atom. The minimum absolute atomic E-state index is 0.0778. The van der Waals surface area contributed by atoms with Gasteiger partial charge in [-0.25, -0.2) is 9.18 Å². The molecule has 0 spiro atoms. The highest BCUT2D eigenvalue weighted by Crippen LogP contribution is 2.26. The fourth-order valence-corrected chi connectivity index (χ4v) is 2.35. The number of hydrogen-bond donors (Lipinski definition) is 0. The molecule has 0 aliphatic carbocycles. The molecule has 0 fully saturated rings. The molecule has 0 heterocycles. The van der Waals surface area contributed by atoms with E-state index in [4.69, 9.17) is 9.47 Å². The molecule has 0 aliphatic rings. The van der Waals surface area contributed by atoms with Crippen LogP contribution >= 0.6 is 0 Å². The van der Waals surface area contributed by atoms with Gasteiger partial charge >= 0.3 is 11.7 Å². The summed E-state index contributed by atoms with van der Waals surface area (Å²) >= 11 is 0. The highest BCUT2D eigenvalue weighted by molar-refractivity contribution is 6.31. The van der Waals surface area contributed by atoms with E-state index in [2.05, 4.69) is 4.43 Å². The first-order chi connectivity index (χ1) is 11.7.